The van der Waals surface area contributed by atoms with E-state index in [1.54, 1.807) is 20.8 Å². The van der Waals surface area contributed by atoms with Gasteiger partial charge in [-0.3, -0.25) is 9.59 Å². The molecule has 0 aromatic carbocycles. The molecule has 2 amide bonds. The van der Waals surface area contributed by atoms with Crippen LogP contribution in [0.1, 0.15) is 27.2 Å². The molecule has 3 N–H and O–H groups in total. The molecule has 1 fully saturated rings. The van der Waals surface area contributed by atoms with Crippen molar-refractivity contribution in [2.45, 2.75) is 44.1 Å². The summed E-state index contributed by atoms with van der Waals surface area (Å²) < 4.78 is 5.09. The summed E-state index contributed by atoms with van der Waals surface area (Å²) in [4.78, 5) is 34.1. The molecule has 0 saturated carbocycles. The van der Waals surface area contributed by atoms with E-state index < -0.39 is 23.7 Å². The molecule has 0 radical (unpaired) electrons. The monoisotopic (exact) mass is 304 g/mol. The summed E-state index contributed by atoms with van der Waals surface area (Å²) in [6.07, 6.45) is -0.681. The van der Waals surface area contributed by atoms with Crippen LogP contribution in [0.15, 0.2) is 0 Å². The Bertz CT molecular complexity index is 394. The Kier molecular flexibility index (Phi) is 5.67. The van der Waals surface area contributed by atoms with Crippen LogP contribution < -0.4 is 10.6 Å². The lowest BCUT2D eigenvalue weighted by Gasteiger charge is -2.22. The van der Waals surface area contributed by atoms with E-state index >= 15 is 0 Å². The minimum atomic E-state index is -0.907. The van der Waals surface area contributed by atoms with Crippen LogP contribution in [0.5, 0.6) is 0 Å². The second-order valence-corrected chi connectivity index (χ2v) is 6.83. The van der Waals surface area contributed by atoms with Crippen molar-refractivity contribution in [3.8, 4) is 0 Å². The zero-order chi connectivity index (χ0) is 15.3. The molecule has 114 valence electrons. The molecule has 1 aliphatic heterocycles. The molecule has 1 saturated heterocycles. The lowest BCUT2D eigenvalue weighted by Crippen LogP contribution is -2.48. The van der Waals surface area contributed by atoms with Gasteiger partial charge in [-0.2, -0.15) is 11.8 Å². The number of amides is 2. The van der Waals surface area contributed by atoms with Gasteiger partial charge < -0.3 is 20.5 Å². The Hall–Kier alpha value is -1.44. The fourth-order valence-electron chi connectivity index (χ4n) is 1.59. The zero-order valence-electron chi connectivity index (χ0n) is 11.8. The van der Waals surface area contributed by atoms with Gasteiger partial charge in [0.25, 0.3) is 0 Å². The predicted molar refractivity (Wildman–Crippen MR) is 74.7 cm³/mol. The Morgan fingerprint density at radius 2 is 2.15 bits per heavy atom. The number of hydrogen-bond acceptors (Lipinski definition) is 5. The fraction of sp³-hybridized carbons (Fsp3) is 0.750. The van der Waals surface area contributed by atoms with Gasteiger partial charge in [0.2, 0.25) is 5.91 Å². The third-order valence-electron chi connectivity index (χ3n) is 2.41. The smallest absolute Gasteiger partial charge is 0.408 e. The van der Waals surface area contributed by atoms with Gasteiger partial charge in [-0.1, -0.05) is 0 Å². The average Bonchev–Trinajstić information content (AvgIpc) is 2.41. The summed E-state index contributed by atoms with van der Waals surface area (Å²) in [6.45, 7) is 5.48. The molecule has 2 atom stereocenters. The van der Waals surface area contributed by atoms with Gasteiger partial charge in [-0.05, 0) is 20.8 Å². The summed E-state index contributed by atoms with van der Waals surface area (Å²) in [7, 11) is 0. The molecule has 7 nitrogen and oxygen atoms in total. The SMILES string of the molecule is CC(C)(C)OC(=O)NC1CSC(CC(=O)O)CNC1=O. The van der Waals surface area contributed by atoms with Crippen molar-refractivity contribution < 1.29 is 24.2 Å². The quantitative estimate of drug-likeness (QED) is 0.704. The Morgan fingerprint density at radius 1 is 1.50 bits per heavy atom. The summed E-state index contributed by atoms with van der Waals surface area (Å²) >= 11 is 1.35. The molecule has 0 aromatic heterocycles. The maximum absolute atomic E-state index is 11.8. The molecular formula is C12H20N2O5S. The number of carbonyl (C=O) groups excluding carboxylic acids is 2. The van der Waals surface area contributed by atoms with Crippen molar-refractivity contribution in [2.24, 2.45) is 0 Å². The van der Waals surface area contributed by atoms with E-state index in [4.69, 9.17) is 9.84 Å². The van der Waals surface area contributed by atoms with Crippen LogP contribution >= 0.6 is 11.8 Å². The number of alkyl carbamates (subject to hydrolysis) is 1. The molecule has 0 aromatic rings. The highest BCUT2D eigenvalue weighted by Gasteiger charge is 2.29. The first-order chi connectivity index (χ1) is 9.17. The van der Waals surface area contributed by atoms with Gasteiger partial charge >= 0.3 is 12.1 Å². The third-order valence-corrected chi connectivity index (χ3v) is 3.74. The van der Waals surface area contributed by atoms with Gasteiger partial charge in [0.1, 0.15) is 11.6 Å². The predicted octanol–water partition coefficient (Wildman–Crippen LogP) is 0.586. The molecule has 0 bridgehead atoms. The highest BCUT2D eigenvalue weighted by Crippen LogP contribution is 2.18. The fourth-order valence-corrected chi connectivity index (χ4v) is 2.75. The molecule has 8 heteroatoms. The molecule has 1 rings (SSSR count). The highest BCUT2D eigenvalue weighted by molar-refractivity contribution is 8.00. The number of ether oxygens (including phenoxy) is 1. The normalized spacial score (nSPS) is 23.4. The topological polar surface area (TPSA) is 105 Å². The summed E-state index contributed by atoms with van der Waals surface area (Å²) in [5, 5.41) is 13.7. The number of hydrogen-bond donors (Lipinski definition) is 3. The second kappa shape index (κ2) is 6.83. The van der Waals surface area contributed by atoms with E-state index in [-0.39, 0.29) is 24.1 Å². The van der Waals surface area contributed by atoms with Crippen LogP contribution in [0.2, 0.25) is 0 Å². The third kappa shape index (κ3) is 6.14. The molecule has 20 heavy (non-hydrogen) atoms. The van der Waals surface area contributed by atoms with Crippen molar-refractivity contribution in [3.05, 3.63) is 0 Å². The van der Waals surface area contributed by atoms with Gasteiger partial charge in [-0.25, -0.2) is 4.79 Å². The van der Waals surface area contributed by atoms with E-state index in [0.29, 0.717) is 5.75 Å². The average molecular weight is 304 g/mol. The van der Waals surface area contributed by atoms with Crippen LogP contribution in [0.3, 0.4) is 0 Å². The van der Waals surface area contributed by atoms with Crippen LogP contribution in [0, 0.1) is 0 Å². The lowest BCUT2D eigenvalue weighted by atomic mass is 10.2. The Morgan fingerprint density at radius 3 is 2.70 bits per heavy atom. The largest absolute Gasteiger partial charge is 0.481 e. The van der Waals surface area contributed by atoms with E-state index in [1.807, 2.05) is 0 Å². The molecule has 0 spiro atoms. The number of nitrogens with one attached hydrogen (secondary N) is 2. The standard InChI is InChI=1S/C12H20N2O5S/c1-12(2,3)19-11(18)14-8-6-20-7(4-9(15)16)5-13-10(8)17/h7-8H,4-6H2,1-3H3,(H,13,17)(H,14,18)(H,15,16). The summed E-state index contributed by atoms with van der Waals surface area (Å²) in [5.41, 5.74) is -0.635. The number of carboxylic acid groups (broad SMARTS) is 1. The van der Waals surface area contributed by atoms with Crippen LogP contribution in [-0.2, 0) is 14.3 Å². The number of rotatable bonds is 3. The second-order valence-electron chi connectivity index (χ2n) is 5.50. The van der Waals surface area contributed by atoms with Crippen molar-refractivity contribution in [1.82, 2.24) is 10.6 Å². The summed E-state index contributed by atoms with van der Waals surface area (Å²) in [6, 6.07) is -0.714. The van der Waals surface area contributed by atoms with Crippen molar-refractivity contribution in [2.75, 3.05) is 12.3 Å². The molecular weight excluding hydrogens is 284 g/mol. The van der Waals surface area contributed by atoms with Crippen LogP contribution in [-0.4, -0.2) is 52.3 Å². The zero-order valence-corrected chi connectivity index (χ0v) is 12.6. The first-order valence-corrected chi connectivity index (χ1v) is 7.33. The van der Waals surface area contributed by atoms with Crippen LogP contribution in [0.25, 0.3) is 0 Å². The molecule has 0 aliphatic carbocycles. The van der Waals surface area contributed by atoms with Gasteiger partial charge in [0, 0.05) is 17.5 Å². The number of thioether (sulfide) groups is 1. The molecule has 2 unspecified atom stereocenters. The number of carboxylic acids is 1. The number of carbonyl (C=O) groups is 3. The first kappa shape index (κ1) is 16.6. The van der Waals surface area contributed by atoms with Gasteiger partial charge in [0.05, 0.1) is 6.42 Å². The van der Waals surface area contributed by atoms with Crippen LogP contribution in [0.4, 0.5) is 4.79 Å². The van der Waals surface area contributed by atoms with Gasteiger partial charge in [-0.15, -0.1) is 0 Å². The van der Waals surface area contributed by atoms with Gasteiger partial charge in [0.15, 0.2) is 0 Å². The van der Waals surface area contributed by atoms with Crippen molar-refractivity contribution >= 4 is 29.7 Å². The first-order valence-electron chi connectivity index (χ1n) is 6.28. The highest BCUT2D eigenvalue weighted by atomic mass is 32.2. The van der Waals surface area contributed by atoms with E-state index in [1.165, 1.54) is 11.8 Å². The number of aliphatic carboxylic acids is 1. The summed E-state index contributed by atoms with van der Waals surface area (Å²) in [5.74, 6) is -0.908. The minimum absolute atomic E-state index is 0.0237. The van der Waals surface area contributed by atoms with Crippen molar-refractivity contribution in [3.63, 3.8) is 0 Å². The lowest BCUT2D eigenvalue weighted by molar-refractivity contribution is -0.137. The van der Waals surface area contributed by atoms with E-state index in [2.05, 4.69) is 10.6 Å². The van der Waals surface area contributed by atoms with E-state index in [9.17, 15) is 14.4 Å². The Labute approximate surface area is 121 Å². The Balaban J connectivity index is 2.52. The van der Waals surface area contributed by atoms with Crippen molar-refractivity contribution in [1.29, 1.82) is 0 Å². The molecule has 1 aliphatic rings. The van der Waals surface area contributed by atoms with E-state index in [0.717, 1.165) is 0 Å². The molecule has 1 heterocycles. The minimum Gasteiger partial charge on any atom is -0.481 e. The maximum atomic E-state index is 11.8. The maximum Gasteiger partial charge on any atom is 0.408 e.